The van der Waals surface area contributed by atoms with Crippen LogP contribution in [0.5, 0.6) is 11.5 Å². The third-order valence-electron chi connectivity index (χ3n) is 6.37. The summed E-state index contributed by atoms with van der Waals surface area (Å²) in [6.07, 6.45) is 5.89. The molecule has 0 N–H and O–H groups in total. The number of hydrogen-bond acceptors (Lipinski definition) is 6. The van der Waals surface area contributed by atoms with Gasteiger partial charge in [0.15, 0.2) is 9.84 Å². The molecule has 0 bridgehead atoms. The number of fused-ring (bicyclic) bond motifs is 3. The van der Waals surface area contributed by atoms with E-state index in [9.17, 15) is 8.42 Å². The minimum Gasteiger partial charge on any atom is -0.495 e. The van der Waals surface area contributed by atoms with Crippen molar-refractivity contribution in [1.82, 2.24) is 14.7 Å². The maximum Gasteiger partial charge on any atom is 0.184 e. The van der Waals surface area contributed by atoms with Crippen molar-refractivity contribution in [2.45, 2.75) is 70.8 Å². The lowest BCUT2D eigenvalue weighted by Gasteiger charge is -2.35. The Balaban J connectivity index is 2.39. The van der Waals surface area contributed by atoms with Crippen LogP contribution in [0.25, 0.3) is 22.7 Å². The summed E-state index contributed by atoms with van der Waals surface area (Å²) in [4.78, 5) is 2.22. The number of sulfone groups is 1. The highest BCUT2D eigenvalue weighted by molar-refractivity contribution is 7.92. The number of rotatable bonds is 7. The minimum absolute atomic E-state index is 0.137. The maximum absolute atomic E-state index is 13.2. The summed E-state index contributed by atoms with van der Waals surface area (Å²) in [6.45, 7) is 18.2. The average molecular weight is 500 g/mol. The van der Waals surface area contributed by atoms with E-state index in [2.05, 4.69) is 32.3 Å². The van der Waals surface area contributed by atoms with Gasteiger partial charge in [0.25, 0.3) is 0 Å². The number of nitrogens with zero attached hydrogens (tertiary/aromatic N) is 3. The molecule has 0 aliphatic carbocycles. The second-order valence-corrected chi connectivity index (χ2v) is 12.3. The zero-order valence-corrected chi connectivity index (χ0v) is 23.1. The average Bonchev–Trinajstić information content (AvgIpc) is 3.19. The molecule has 1 aliphatic rings. The van der Waals surface area contributed by atoms with Crippen LogP contribution in [-0.2, 0) is 16.4 Å². The minimum atomic E-state index is -3.61. The van der Waals surface area contributed by atoms with Crippen molar-refractivity contribution >= 4 is 21.2 Å². The summed E-state index contributed by atoms with van der Waals surface area (Å²) < 4.78 is 39.9. The second-order valence-electron chi connectivity index (χ2n) is 9.86. The van der Waals surface area contributed by atoms with Crippen LogP contribution in [0.1, 0.15) is 59.7 Å². The summed E-state index contributed by atoms with van der Waals surface area (Å²) in [5.74, 6) is 0.819. The van der Waals surface area contributed by atoms with E-state index in [-0.39, 0.29) is 22.8 Å². The third-order valence-corrected chi connectivity index (χ3v) is 8.54. The smallest absolute Gasteiger partial charge is 0.184 e. The molecule has 0 atom stereocenters. The molecule has 0 radical (unpaired) electrons. The van der Waals surface area contributed by atoms with Gasteiger partial charge in [0.05, 0.1) is 29.4 Å². The molecule has 1 aromatic carbocycles. The van der Waals surface area contributed by atoms with E-state index >= 15 is 0 Å². The van der Waals surface area contributed by atoms with Crippen molar-refractivity contribution in [3.8, 4) is 22.8 Å². The van der Waals surface area contributed by atoms with Crippen LogP contribution < -0.4 is 9.47 Å². The lowest BCUT2D eigenvalue weighted by atomic mass is 9.99. The Labute approximate surface area is 209 Å². The molecular weight excluding hydrogens is 462 g/mol. The molecule has 0 saturated carbocycles. The van der Waals surface area contributed by atoms with Gasteiger partial charge in [-0.15, -0.1) is 0 Å². The van der Waals surface area contributed by atoms with Crippen molar-refractivity contribution in [3.63, 3.8) is 0 Å². The van der Waals surface area contributed by atoms with Gasteiger partial charge in [-0.25, -0.2) is 13.1 Å². The van der Waals surface area contributed by atoms with E-state index < -0.39 is 15.1 Å². The number of aromatic nitrogens is 2. The Morgan fingerprint density at radius 1 is 1.29 bits per heavy atom. The fourth-order valence-electron chi connectivity index (χ4n) is 3.94. The molecule has 0 unspecified atom stereocenters. The summed E-state index contributed by atoms with van der Waals surface area (Å²) >= 11 is 0. The SMILES string of the molecule is C=C(c1nn(C(/C=C\C)=C/C)c2c1COc1cc(OC)c(S(=O)(=O)C(C)C)cc1-2)N(C)C(C)(C)C. The molecule has 35 heavy (non-hydrogen) atoms. The van der Waals surface area contributed by atoms with Gasteiger partial charge in [0.2, 0.25) is 0 Å². The largest absolute Gasteiger partial charge is 0.495 e. The van der Waals surface area contributed by atoms with E-state index in [1.165, 1.54) is 7.11 Å². The summed E-state index contributed by atoms with van der Waals surface area (Å²) in [5, 5.41) is 4.38. The predicted octanol–water partition coefficient (Wildman–Crippen LogP) is 5.77. The van der Waals surface area contributed by atoms with Gasteiger partial charge in [0, 0.05) is 29.8 Å². The molecule has 7 nitrogen and oxygen atoms in total. The topological polar surface area (TPSA) is 73.7 Å². The predicted molar refractivity (Wildman–Crippen MR) is 142 cm³/mol. The molecule has 2 aromatic rings. The number of benzene rings is 1. The van der Waals surface area contributed by atoms with Crippen LogP contribution in [0.2, 0.25) is 0 Å². The fraction of sp³-hybridized carbons (Fsp3) is 0.444. The van der Waals surface area contributed by atoms with Crippen molar-refractivity contribution in [2.24, 2.45) is 0 Å². The maximum atomic E-state index is 13.2. The number of allylic oxidation sites excluding steroid dienone is 4. The first-order valence-electron chi connectivity index (χ1n) is 11.7. The van der Waals surface area contributed by atoms with Crippen LogP contribution in [0.15, 0.2) is 41.8 Å². The van der Waals surface area contributed by atoms with Gasteiger partial charge in [-0.2, -0.15) is 5.10 Å². The fourth-order valence-corrected chi connectivity index (χ4v) is 5.15. The van der Waals surface area contributed by atoms with Crippen molar-refractivity contribution < 1.29 is 17.9 Å². The molecule has 2 heterocycles. The van der Waals surface area contributed by atoms with Gasteiger partial charge in [-0.3, -0.25) is 0 Å². The Bertz CT molecular complexity index is 1310. The number of methoxy groups -OCH3 is 1. The lowest BCUT2D eigenvalue weighted by molar-refractivity contribution is 0.264. The van der Waals surface area contributed by atoms with Crippen molar-refractivity contribution in [2.75, 3.05) is 14.2 Å². The molecule has 190 valence electrons. The van der Waals surface area contributed by atoms with E-state index in [1.54, 1.807) is 26.0 Å². The highest BCUT2D eigenvalue weighted by atomic mass is 32.2. The third kappa shape index (κ3) is 4.63. The molecule has 0 saturated heterocycles. The summed E-state index contributed by atoms with van der Waals surface area (Å²) in [7, 11) is -0.153. The van der Waals surface area contributed by atoms with Crippen LogP contribution in [0.3, 0.4) is 0 Å². The van der Waals surface area contributed by atoms with Crippen LogP contribution in [-0.4, -0.2) is 48.0 Å². The van der Waals surface area contributed by atoms with Gasteiger partial charge >= 0.3 is 0 Å². The summed E-state index contributed by atoms with van der Waals surface area (Å²) in [6, 6.07) is 3.31. The van der Waals surface area contributed by atoms with Crippen LogP contribution in [0.4, 0.5) is 0 Å². The zero-order valence-electron chi connectivity index (χ0n) is 22.3. The highest BCUT2D eigenvalue weighted by Gasteiger charge is 2.34. The zero-order chi connectivity index (χ0) is 26.3. The molecular formula is C27H37N3O4S. The molecule has 0 spiro atoms. The van der Waals surface area contributed by atoms with E-state index in [1.807, 2.05) is 43.8 Å². The molecule has 1 aromatic heterocycles. The molecule has 0 fully saturated rings. The van der Waals surface area contributed by atoms with Gasteiger partial charge in [-0.05, 0) is 60.6 Å². The van der Waals surface area contributed by atoms with E-state index in [4.69, 9.17) is 14.6 Å². The van der Waals surface area contributed by atoms with E-state index in [0.29, 0.717) is 11.3 Å². The Hall–Kier alpha value is -3.00. The lowest BCUT2D eigenvalue weighted by Crippen LogP contribution is -2.36. The van der Waals surface area contributed by atoms with Crippen molar-refractivity contribution in [1.29, 1.82) is 0 Å². The molecule has 0 amide bonds. The monoisotopic (exact) mass is 499 g/mol. The quantitative estimate of drug-likeness (QED) is 0.450. The Morgan fingerprint density at radius 2 is 1.94 bits per heavy atom. The van der Waals surface area contributed by atoms with Gasteiger partial charge in [-0.1, -0.05) is 18.7 Å². The van der Waals surface area contributed by atoms with Gasteiger partial charge in [0.1, 0.15) is 28.7 Å². The van der Waals surface area contributed by atoms with Crippen molar-refractivity contribution in [3.05, 3.63) is 48.2 Å². The second kappa shape index (κ2) is 9.57. The first kappa shape index (κ1) is 26.6. The van der Waals surface area contributed by atoms with Crippen LogP contribution in [0, 0.1) is 0 Å². The van der Waals surface area contributed by atoms with Crippen LogP contribution >= 0.6 is 0 Å². The normalized spacial score (nSPS) is 14.1. The number of ether oxygens (including phenoxy) is 2. The molecule has 8 heteroatoms. The summed E-state index contributed by atoms with van der Waals surface area (Å²) in [5.41, 5.74) is 4.48. The highest BCUT2D eigenvalue weighted by Crippen LogP contribution is 2.46. The Morgan fingerprint density at radius 3 is 2.46 bits per heavy atom. The van der Waals surface area contributed by atoms with Gasteiger partial charge < -0.3 is 14.4 Å². The Kier molecular flexibility index (Phi) is 7.27. The standard InChI is InChI=1S/C27H37N3O4S/c1-11-13-19(12-2)30-26-20-14-24(35(31,32)17(3)4)23(33-10)15-22(20)34-16-21(26)25(28-30)18(5)29(9)27(6,7)8/h11-15,17H,5,16H2,1-4,6-10H3/b13-11-,19-12+. The first-order valence-corrected chi connectivity index (χ1v) is 13.3. The van der Waals surface area contributed by atoms with E-state index in [0.717, 1.165) is 28.3 Å². The molecule has 1 aliphatic heterocycles. The first-order chi connectivity index (χ1) is 16.3. The number of hydrogen-bond donors (Lipinski definition) is 0. The molecule has 3 rings (SSSR count).